The monoisotopic (exact) mass is 478 g/mol. The number of aromatic nitrogens is 2. The molecule has 0 bridgehead atoms. The quantitative estimate of drug-likeness (QED) is 0.667. The minimum atomic E-state index is -4.62. The van der Waals surface area contributed by atoms with Crippen molar-refractivity contribution in [3.05, 3.63) is 34.2 Å². The molecule has 4 unspecified atom stereocenters. The molecule has 33 heavy (non-hydrogen) atoms. The molecule has 2 aromatic rings. The Kier molecular flexibility index (Phi) is 3.92. The number of halogens is 4. The van der Waals surface area contributed by atoms with Gasteiger partial charge in [0.1, 0.15) is 11.7 Å². The van der Waals surface area contributed by atoms with Crippen LogP contribution in [0.25, 0.3) is 5.65 Å². The summed E-state index contributed by atoms with van der Waals surface area (Å²) in [6.07, 6.45) is 2.68. The fourth-order valence-corrected chi connectivity index (χ4v) is 6.45. The van der Waals surface area contributed by atoms with Crippen LogP contribution in [0.2, 0.25) is 5.15 Å². The molecule has 2 aromatic heterocycles. The second kappa shape index (κ2) is 6.43. The number of hydrogen-bond acceptors (Lipinski definition) is 3. The highest BCUT2D eigenvalue weighted by atomic mass is 35.5. The number of fused-ring (bicyclic) bond motifs is 3. The van der Waals surface area contributed by atoms with Gasteiger partial charge in [-0.3, -0.25) is 14.0 Å². The molecule has 2 amide bonds. The third-order valence-corrected chi connectivity index (χ3v) is 8.55. The summed E-state index contributed by atoms with van der Waals surface area (Å²) >= 11 is 6.43. The van der Waals surface area contributed by atoms with Gasteiger partial charge in [0.05, 0.1) is 17.6 Å². The van der Waals surface area contributed by atoms with E-state index in [9.17, 15) is 22.8 Å². The summed E-state index contributed by atoms with van der Waals surface area (Å²) in [6, 6.07) is 1.27. The van der Waals surface area contributed by atoms with Crippen molar-refractivity contribution >= 4 is 29.1 Å². The van der Waals surface area contributed by atoms with Gasteiger partial charge in [-0.05, 0) is 67.9 Å². The van der Waals surface area contributed by atoms with E-state index in [-0.39, 0.29) is 53.0 Å². The fraction of sp³-hybridized carbons (Fsp3) is 0.609. The molecule has 0 aromatic carbocycles. The van der Waals surface area contributed by atoms with Crippen LogP contribution in [0.3, 0.4) is 0 Å². The maximum atomic E-state index is 13.8. The molecule has 0 spiro atoms. The van der Waals surface area contributed by atoms with Gasteiger partial charge in [0.15, 0.2) is 11.3 Å². The summed E-state index contributed by atoms with van der Waals surface area (Å²) in [7, 11) is 0. The molecule has 10 heteroatoms. The number of alkyl halides is 3. The fourth-order valence-electron chi connectivity index (χ4n) is 6.20. The number of carbonyl (C=O) groups excluding carboxylic acids is 2. The van der Waals surface area contributed by atoms with E-state index in [1.807, 2.05) is 4.90 Å². The summed E-state index contributed by atoms with van der Waals surface area (Å²) in [5.74, 6) is 0.923. The summed E-state index contributed by atoms with van der Waals surface area (Å²) in [5, 5.41) is -0.133. The molecule has 7 rings (SSSR count). The van der Waals surface area contributed by atoms with E-state index in [2.05, 4.69) is 4.98 Å². The first-order valence-corrected chi connectivity index (χ1v) is 12.0. The lowest BCUT2D eigenvalue weighted by Gasteiger charge is -2.37. The lowest BCUT2D eigenvalue weighted by atomic mass is 10.1. The first-order valence-electron chi connectivity index (χ1n) is 11.6. The van der Waals surface area contributed by atoms with Gasteiger partial charge in [0.25, 0.3) is 5.91 Å². The van der Waals surface area contributed by atoms with Crippen molar-refractivity contribution in [1.82, 2.24) is 19.2 Å². The maximum absolute atomic E-state index is 13.8. The maximum Gasteiger partial charge on any atom is 0.419 e. The molecule has 4 aliphatic carbocycles. The molecule has 6 nitrogen and oxygen atoms in total. The minimum absolute atomic E-state index is 0.000660. The average Bonchev–Trinajstić information content (AvgIpc) is 3.68. The number of pyridine rings is 1. The number of imidazole rings is 1. The number of hydrogen-bond donors (Lipinski definition) is 0. The van der Waals surface area contributed by atoms with E-state index in [1.54, 1.807) is 6.20 Å². The van der Waals surface area contributed by atoms with Crippen LogP contribution >= 0.6 is 11.6 Å². The van der Waals surface area contributed by atoms with Gasteiger partial charge in [0.2, 0.25) is 5.91 Å². The molecular formula is C23H22ClF3N4O2. The minimum Gasteiger partial charge on any atom is -0.333 e. The Hall–Kier alpha value is -2.29. The summed E-state index contributed by atoms with van der Waals surface area (Å²) in [5.41, 5.74) is -0.932. The number of nitrogens with zero attached hydrogens (tertiary/aromatic N) is 4. The largest absolute Gasteiger partial charge is 0.419 e. The van der Waals surface area contributed by atoms with Gasteiger partial charge in [-0.25, -0.2) is 4.98 Å². The van der Waals surface area contributed by atoms with E-state index in [0.717, 1.165) is 43.6 Å². The Morgan fingerprint density at radius 2 is 1.82 bits per heavy atom. The molecule has 3 heterocycles. The molecule has 5 aliphatic rings. The van der Waals surface area contributed by atoms with Gasteiger partial charge in [-0.15, -0.1) is 0 Å². The number of amides is 2. The smallest absolute Gasteiger partial charge is 0.333 e. The molecule has 0 N–H and O–H groups in total. The van der Waals surface area contributed by atoms with E-state index < -0.39 is 17.6 Å². The van der Waals surface area contributed by atoms with Crippen LogP contribution in [-0.4, -0.2) is 55.7 Å². The molecule has 5 fully saturated rings. The zero-order valence-corrected chi connectivity index (χ0v) is 18.4. The highest BCUT2D eigenvalue weighted by Crippen LogP contribution is 2.55. The molecule has 0 radical (unpaired) electrons. The second-order valence-electron chi connectivity index (χ2n) is 10.4. The highest BCUT2D eigenvalue weighted by molar-refractivity contribution is 6.33. The Labute approximate surface area is 192 Å². The first kappa shape index (κ1) is 20.1. The van der Waals surface area contributed by atoms with Crippen LogP contribution in [0, 0.1) is 11.8 Å². The first-order chi connectivity index (χ1) is 15.7. The molecule has 1 saturated heterocycles. The molecular weight excluding hydrogens is 457 g/mol. The van der Waals surface area contributed by atoms with Crippen molar-refractivity contribution in [2.45, 2.75) is 68.7 Å². The third-order valence-electron chi connectivity index (χ3n) is 8.19. The van der Waals surface area contributed by atoms with Crippen molar-refractivity contribution in [2.24, 2.45) is 11.8 Å². The number of piperazine rings is 1. The van der Waals surface area contributed by atoms with Crippen molar-refractivity contribution in [3.8, 4) is 0 Å². The second-order valence-corrected chi connectivity index (χ2v) is 10.7. The van der Waals surface area contributed by atoms with Gasteiger partial charge in [-0.2, -0.15) is 13.2 Å². The topological polar surface area (TPSA) is 57.9 Å². The van der Waals surface area contributed by atoms with Crippen molar-refractivity contribution in [2.75, 3.05) is 6.54 Å². The number of carbonyl (C=O) groups is 2. The Morgan fingerprint density at radius 1 is 1.09 bits per heavy atom. The van der Waals surface area contributed by atoms with Crippen LogP contribution in [0.5, 0.6) is 0 Å². The predicted molar refractivity (Wildman–Crippen MR) is 112 cm³/mol. The van der Waals surface area contributed by atoms with Gasteiger partial charge in [0, 0.05) is 12.2 Å². The van der Waals surface area contributed by atoms with E-state index in [0.29, 0.717) is 12.0 Å². The van der Waals surface area contributed by atoms with Crippen LogP contribution in [0.4, 0.5) is 13.2 Å². The normalized spacial score (nSPS) is 32.8. The van der Waals surface area contributed by atoms with Gasteiger partial charge in [-0.1, -0.05) is 11.6 Å². The lowest BCUT2D eigenvalue weighted by Crippen LogP contribution is -2.55. The van der Waals surface area contributed by atoms with Crippen LogP contribution in [0.1, 0.15) is 66.1 Å². The zero-order chi connectivity index (χ0) is 22.8. The molecule has 174 valence electrons. The third kappa shape index (κ3) is 3.03. The highest BCUT2D eigenvalue weighted by Gasteiger charge is 2.59. The van der Waals surface area contributed by atoms with E-state index >= 15 is 0 Å². The number of rotatable bonds is 3. The van der Waals surface area contributed by atoms with Gasteiger partial charge < -0.3 is 9.80 Å². The van der Waals surface area contributed by atoms with Crippen molar-refractivity contribution in [1.29, 1.82) is 0 Å². The van der Waals surface area contributed by atoms with Crippen molar-refractivity contribution in [3.63, 3.8) is 0 Å². The van der Waals surface area contributed by atoms with Gasteiger partial charge >= 0.3 is 6.18 Å². The average molecular weight is 479 g/mol. The molecule has 4 atom stereocenters. The van der Waals surface area contributed by atoms with Crippen LogP contribution in [-0.2, 0) is 11.0 Å². The zero-order valence-electron chi connectivity index (χ0n) is 17.7. The Balaban J connectivity index is 1.21. The van der Waals surface area contributed by atoms with E-state index in [4.69, 9.17) is 11.6 Å². The summed E-state index contributed by atoms with van der Waals surface area (Å²) in [4.78, 5) is 33.8. The van der Waals surface area contributed by atoms with Crippen LogP contribution in [0.15, 0.2) is 12.3 Å². The van der Waals surface area contributed by atoms with Crippen molar-refractivity contribution < 1.29 is 22.8 Å². The molecule has 4 saturated carbocycles. The Morgan fingerprint density at radius 3 is 2.48 bits per heavy atom. The molecule has 1 aliphatic heterocycles. The SMILES string of the molecule is O=C(c1nc2c(C(F)(F)F)cc(C3CC3)cn2c1Cl)N1CC(=O)N(C2CC3CC3C2)C2CC21. The predicted octanol–water partition coefficient (Wildman–Crippen LogP) is 4.11. The van der Waals surface area contributed by atoms with Crippen LogP contribution < -0.4 is 0 Å². The standard InChI is InChI=1S/C23H22ClF3N4O2/c24-20-19(28-21-15(23(25,26)27)6-13(8-30(20)21)10-1-2-10)22(33)29-9-18(32)31(17-7-16(17)29)14-4-11-3-12(11)5-14/h6,8,10-12,14,16-17H,1-5,7,9H2. The Bertz CT molecular complexity index is 1210. The van der Waals surface area contributed by atoms with E-state index in [1.165, 1.54) is 15.7 Å². The summed E-state index contributed by atoms with van der Waals surface area (Å²) in [6.45, 7) is -0.0739. The summed E-state index contributed by atoms with van der Waals surface area (Å²) < 4.78 is 42.5. The lowest BCUT2D eigenvalue weighted by molar-refractivity contribution is -0.138.